The Morgan fingerprint density at radius 2 is 1.18 bits per heavy atom. The summed E-state index contributed by atoms with van der Waals surface area (Å²) in [7, 11) is -10.1. The van der Waals surface area contributed by atoms with Gasteiger partial charge in [-0.1, -0.05) is 0 Å². The first-order valence-electron chi connectivity index (χ1n) is 1.53. The average Bonchev–Trinajstić information content (AvgIpc) is 1.14. The molecule has 0 saturated heterocycles. The van der Waals surface area contributed by atoms with Crippen molar-refractivity contribution in [1.29, 1.82) is 0 Å². The van der Waals surface area contributed by atoms with Crippen LogP contribution < -0.4 is 51.4 Å². The van der Waals surface area contributed by atoms with Crippen molar-refractivity contribution in [3.05, 3.63) is 0 Å². The average molecular weight is 309 g/mol. The molecule has 0 bridgehead atoms. The van der Waals surface area contributed by atoms with Gasteiger partial charge < -0.3 is 21.0 Å². The van der Waals surface area contributed by atoms with E-state index < -0.39 is 15.6 Å². The third-order valence-corrected chi connectivity index (χ3v) is 1.91. The zero-order valence-corrected chi connectivity index (χ0v) is 12.8. The topological polar surface area (TPSA) is 124 Å². The molecule has 11 heavy (non-hydrogen) atoms. The van der Waals surface area contributed by atoms with Crippen molar-refractivity contribution in [1.82, 2.24) is 0 Å². The van der Waals surface area contributed by atoms with Crippen molar-refractivity contribution in [2.24, 2.45) is 0 Å². The van der Waals surface area contributed by atoms with Crippen molar-refractivity contribution >= 4 is 15.6 Å². The summed E-state index contributed by atoms with van der Waals surface area (Å²) in [5, 5.41) is 0. The maximum atomic E-state index is 9.63. The first-order chi connectivity index (χ1) is 3.71. The van der Waals surface area contributed by atoms with E-state index >= 15 is 0 Å². The van der Waals surface area contributed by atoms with Gasteiger partial charge in [-0.05, 0) is 0 Å². The second-order valence-corrected chi connectivity index (χ2v) is 3.68. The second-order valence-electron chi connectivity index (χ2n) is 1.06. The van der Waals surface area contributed by atoms with E-state index in [1.807, 2.05) is 0 Å². The minimum atomic E-state index is -5.05. The second kappa shape index (κ2) is 7.12. The zero-order chi connectivity index (χ0) is 7.71. The molecule has 0 rings (SSSR count). The molecule has 0 atom stereocenters. The normalized spacial score (nSPS) is 11.3. The Balaban J connectivity index is -0.000000107. The molecular weight excluding hydrogens is 304 g/mol. The number of hydrogen-bond donors (Lipinski definition) is 4. The number of rotatable bonds is 2. The molecule has 0 unspecified atom stereocenters. The fourth-order valence-corrected chi connectivity index (χ4v) is 1.25. The van der Waals surface area contributed by atoms with Crippen LogP contribution in [0.2, 0.25) is 0 Å². The third-order valence-electron chi connectivity index (χ3n) is 0.213. The minimum absolute atomic E-state index is 0. The number of phosphoric acid groups is 2. The van der Waals surface area contributed by atoms with Crippen LogP contribution in [0.1, 0.15) is 1.43 Å². The van der Waals surface area contributed by atoms with E-state index in [-0.39, 0.29) is 79.0 Å². The summed E-state index contributed by atoms with van der Waals surface area (Å²) in [4.78, 5) is 31.0. The molecule has 0 heterocycles. The van der Waals surface area contributed by atoms with Crippen molar-refractivity contribution < 1.29 is 112 Å². The maximum Gasteiger partial charge on any atom is 1.00 e. The Hall–Kier alpha value is 2.78. The molecule has 0 fully saturated rings. The standard InChI is InChI=1S/K.H4O7P2.Zr.H/c;1-8(2,3)7-9(4,5)6;;/h;(H2,1,2,3)(H2,4,5,6);;/q+1;;;-1. The molecule has 0 aromatic heterocycles. The van der Waals surface area contributed by atoms with Crippen molar-refractivity contribution in [2.75, 3.05) is 0 Å². The van der Waals surface area contributed by atoms with E-state index in [2.05, 4.69) is 4.31 Å². The predicted octanol–water partition coefficient (Wildman–Crippen LogP) is -3.70. The molecule has 7 nitrogen and oxygen atoms in total. The molecule has 0 spiro atoms. The third kappa shape index (κ3) is 19.3. The van der Waals surface area contributed by atoms with Crippen molar-refractivity contribution in [2.45, 2.75) is 0 Å². The van der Waals surface area contributed by atoms with Crippen LogP contribution in [0, 0.1) is 0 Å². The van der Waals surface area contributed by atoms with Gasteiger partial charge in [-0.25, -0.2) is 9.13 Å². The SMILES string of the molecule is O=P(O)(O)OP(=O)(O)O.[H-].[K+].[Zr]. The molecule has 0 aliphatic rings. The van der Waals surface area contributed by atoms with Gasteiger partial charge in [0.25, 0.3) is 0 Å². The fourth-order valence-electron chi connectivity index (χ4n) is 0.139. The quantitative estimate of drug-likeness (QED) is 0.306. The van der Waals surface area contributed by atoms with Crippen LogP contribution in [-0.2, 0) is 39.6 Å². The van der Waals surface area contributed by atoms with Gasteiger partial charge in [0.1, 0.15) is 0 Å². The summed E-state index contributed by atoms with van der Waals surface area (Å²) in [5.41, 5.74) is 0. The molecule has 0 radical (unpaired) electrons. The van der Waals surface area contributed by atoms with E-state index in [4.69, 9.17) is 19.6 Å². The van der Waals surface area contributed by atoms with Gasteiger partial charge in [-0.2, -0.15) is 4.31 Å². The molecule has 0 aliphatic carbocycles. The Labute approximate surface area is 125 Å². The van der Waals surface area contributed by atoms with Crippen LogP contribution in [0.5, 0.6) is 0 Å². The fraction of sp³-hybridized carbons (Fsp3) is 0. The van der Waals surface area contributed by atoms with Crippen LogP contribution in [-0.4, -0.2) is 19.6 Å². The molecular formula is H5KO7P2Zr. The molecule has 0 aliphatic heterocycles. The van der Waals surface area contributed by atoms with E-state index in [0.29, 0.717) is 0 Å². The van der Waals surface area contributed by atoms with E-state index in [1.54, 1.807) is 0 Å². The van der Waals surface area contributed by atoms with Gasteiger partial charge >= 0.3 is 67.0 Å². The molecule has 0 amide bonds. The van der Waals surface area contributed by atoms with Gasteiger partial charge in [0.05, 0.1) is 0 Å². The summed E-state index contributed by atoms with van der Waals surface area (Å²) in [6.07, 6.45) is 0. The molecule has 11 heteroatoms. The number of hydrogen-bond acceptors (Lipinski definition) is 3. The largest absolute Gasteiger partial charge is 1.00 e. The van der Waals surface area contributed by atoms with Gasteiger partial charge in [0.15, 0.2) is 0 Å². The summed E-state index contributed by atoms with van der Waals surface area (Å²) in [6, 6.07) is 0. The predicted molar refractivity (Wildman–Crippen MR) is 26.3 cm³/mol. The molecule has 0 saturated carbocycles. The Morgan fingerprint density at radius 3 is 1.18 bits per heavy atom. The van der Waals surface area contributed by atoms with E-state index in [9.17, 15) is 9.13 Å². The Kier molecular flexibility index (Phi) is 12.5. The summed E-state index contributed by atoms with van der Waals surface area (Å²) in [6.45, 7) is 0. The molecule has 0 aromatic carbocycles. The van der Waals surface area contributed by atoms with Crippen molar-refractivity contribution in [3.63, 3.8) is 0 Å². The van der Waals surface area contributed by atoms with Crippen LogP contribution in [0.3, 0.4) is 0 Å². The van der Waals surface area contributed by atoms with Crippen LogP contribution >= 0.6 is 15.6 Å². The molecule has 62 valence electrons. The summed E-state index contributed by atoms with van der Waals surface area (Å²) < 4.78 is 22.2. The van der Waals surface area contributed by atoms with Crippen LogP contribution in [0.15, 0.2) is 0 Å². The van der Waals surface area contributed by atoms with Gasteiger partial charge in [-0.15, -0.1) is 0 Å². The van der Waals surface area contributed by atoms with Gasteiger partial charge in [0, 0.05) is 26.2 Å². The first-order valence-corrected chi connectivity index (χ1v) is 4.59. The van der Waals surface area contributed by atoms with Gasteiger partial charge in [0.2, 0.25) is 0 Å². The minimum Gasteiger partial charge on any atom is -1.00 e. The monoisotopic (exact) mass is 308 g/mol. The Bertz CT molecular complexity index is 162. The van der Waals surface area contributed by atoms with Crippen LogP contribution in [0.4, 0.5) is 0 Å². The van der Waals surface area contributed by atoms with E-state index in [0.717, 1.165) is 0 Å². The van der Waals surface area contributed by atoms with Gasteiger partial charge in [-0.3, -0.25) is 0 Å². The molecule has 0 aromatic rings. The van der Waals surface area contributed by atoms with Crippen molar-refractivity contribution in [3.8, 4) is 0 Å². The zero-order valence-electron chi connectivity index (χ0n) is 6.41. The molecule has 4 N–H and O–H groups in total. The smallest absolute Gasteiger partial charge is 1.00 e. The summed E-state index contributed by atoms with van der Waals surface area (Å²) in [5.74, 6) is 0. The van der Waals surface area contributed by atoms with Crippen LogP contribution in [0.25, 0.3) is 0 Å². The van der Waals surface area contributed by atoms with E-state index in [1.165, 1.54) is 0 Å². The summed E-state index contributed by atoms with van der Waals surface area (Å²) >= 11 is 0. The maximum absolute atomic E-state index is 9.63. The Morgan fingerprint density at radius 1 is 1.00 bits per heavy atom. The first kappa shape index (κ1) is 19.4.